The van der Waals surface area contributed by atoms with Gasteiger partial charge in [0.1, 0.15) is 13.2 Å². The Balaban J connectivity index is 1.50. The van der Waals surface area contributed by atoms with E-state index in [1.165, 1.54) is 32.1 Å². The molecule has 2 heterocycles. The molecule has 0 fully saturated rings. The maximum absolute atomic E-state index is 11.7. The van der Waals surface area contributed by atoms with Crippen molar-refractivity contribution in [1.82, 2.24) is 0 Å². The minimum atomic E-state index is -0.194. The van der Waals surface area contributed by atoms with Gasteiger partial charge in [-0.25, -0.2) is 0 Å². The zero-order valence-electron chi connectivity index (χ0n) is 13.3. The van der Waals surface area contributed by atoms with Crippen LogP contribution in [-0.2, 0) is 9.53 Å². The van der Waals surface area contributed by atoms with Crippen LogP contribution in [0.2, 0.25) is 0 Å². The molecule has 0 amide bonds. The molecule has 5 heteroatoms. The average Bonchev–Trinajstić information content (AvgIpc) is 2.99. The first-order valence-corrected chi connectivity index (χ1v) is 9.25. The van der Waals surface area contributed by atoms with Gasteiger partial charge in [0.25, 0.3) is 0 Å². The van der Waals surface area contributed by atoms with Gasteiger partial charge in [0.05, 0.1) is 0 Å². The van der Waals surface area contributed by atoms with Gasteiger partial charge >= 0.3 is 5.97 Å². The number of esters is 1. The van der Waals surface area contributed by atoms with Crippen molar-refractivity contribution in [3.8, 4) is 11.5 Å². The van der Waals surface area contributed by atoms with Crippen LogP contribution >= 0.6 is 11.3 Å². The quantitative estimate of drug-likeness (QED) is 0.466. The number of carbonyl (C=O) groups is 1. The minimum Gasteiger partial charge on any atom is -0.485 e. The van der Waals surface area contributed by atoms with E-state index < -0.39 is 0 Å². The Labute approximate surface area is 136 Å². The topological polar surface area (TPSA) is 44.8 Å². The molecular weight excluding hydrogens is 300 g/mol. The summed E-state index contributed by atoms with van der Waals surface area (Å²) in [5, 5.41) is 3.82. The molecule has 1 aromatic heterocycles. The lowest BCUT2D eigenvalue weighted by molar-refractivity contribution is -0.147. The summed E-state index contributed by atoms with van der Waals surface area (Å²) in [5.41, 5.74) is 0. The number of fused-ring (bicyclic) bond motifs is 1. The standard InChI is InChI=1S/C17H26O4S/c1-2-3-4-5-6-7-8-9-17(18)20-11-14-10-19-15-12-22-13-16(15)21-14/h12-14H,2-11H2,1H3. The second-order valence-corrected chi connectivity index (χ2v) is 6.45. The van der Waals surface area contributed by atoms with Crippen LogP contribution in [0.4, 0.5) is 0 Å². The summed E-state index contributed by atoms with van der Waals surface area (Å²) < 4.78 is 16.5. The third kappa shape index (κ3) is 5.87. The van der Waals surface area contributed by atoms with Crippen LogP contribution in [-0.4, -0.2) is 25.3 Å². The van der Waals surface area contributed by atoms with E-state index in [0.29, 0.717) is 13.0 Å². The van der Waals surface area contributed by atoms with Crippen LogP contribution in [0.5, 0.6) is 11.5 Å². The van der Waals surface area contributed by atoms with Crippen LogP contribution in [0.15, 0.2) is 10.8 Å². The van der Waals surface area contributed by atoms with Gasteiger partial charge < -0.3 is 14.2 Å². The Bertz CT molecular complexity index is 444. The highest BCUT2D eigenvalue weighted by molar-refractivity contribution is 7.08. The summed E-state index contributed by atoms with van der Waals surface area (Å²) in [5.74, 6) is 1.41. The first-order chi connectivity index (χ1) is 10.8. The molecule has 1 aliphatic heterocycles. The van der Waals surface area contributed by atoms with E-state index in [9.17, 15) is 4.79 Å². The molecule has 1 aromatic rings. The number of hydrogen-bond donors (Lipinski definition) is 0. The molecule has 1 unspecified atom stereocenters. The fraction of sp³-hybridized carbons (Fsp3) is 0.706. The summed E-state index contributed by atoms with van der Waals surface area (Å²) >= 11 is 1.54. The summed E-state index contributed by atoms with van der Waals surface area (Å²) in [6.07, 6.45) is 8.73. The second kappa shape index (κ2) is 9.72. The van der Waals surface area contributed by atoms with Gasteiger partial charge in [-0.3, -0.25) is 4.79 Å². The zero-order valence-corrected chi connectivity index (χ0v) is 14.2. The van der Waals surface area contributed by atoms with Crippen molar-refractivity contribution in [2.75, 3.05) is 13.2 Å². The van der Waals surface area contributed by atoms with Gasteiger partial charge in [-0.05, 0) is 6.42 Å². The molecular formula is C17H26O4S. The highest BCUT2D eigenvalue weighted by atomic mass is 32.1. The molecule has 0 aromatic carbocycles. The largest absolute Gasteiger partial charge is 0.485 e. The molecule has 0 aliphatic carbocycles. The molecule has 0 spiro atoms. The van der Waals surface area contributed by atoms with Crippen molar-refractivity contribution in [3.05, 3.63) is 10.8 Å². The van der Waals surface area contributed by atoms with Gasteiger partial charge in [0.2, 0.25) is 0 Å². The Morgan fingerprint density at radius 1 is 1.18 bits per heavy atom. The van der Waals surface area contributed by atoms with E-state index in [2.05, 4.69) is 6.92 Å². The summed E-state index contributed by atoms with van der Waals surface area (Å²) in [6, 6.07) is 0. The number of rotatable bonds is 10. The SMILES string of the molecule is CCCCCCCCCC(=O)OCC1COc2cscc2O1. The van der Waals surface area contributed by atoms with Crippen LogP contribution in [0.1, 0.15) is 58.3 Å². The number of unbranched alkanes of at least 4 members (excludes halogenated alkanes) is 6. The summed E-state index contributed by atoms with van der Waals surface area (Å²) in [7, 11) is 0. The van der Waals surface area contributed by atoms with Gasteiger partial charge in [-0.2, -0.15) is 0 Å². The van der Waals surface area contributed by atoms with E-state index in [1.807, 2.05) is 10.8 Å². The number of thiophene rings is 1. The van der Waals surface area contributed by atoms with E-state index in [1.54, 1.807) is 11.3 Å². The van der Waals surface area contributed by atoms with E-state index in [4.69, 9.17) is 14.2 Å². The first kappa shape index (κ1) is 17.1. The lowest BCUT2D eigenvalue weighted by Crippen LogP contribution is -2.33. The number of ether oxygens (including phenoxy) is 3. The van der Waals surface area contributed by atoms with Crippen LogP contribution in [0.25, 0.3) is 0 Å². The van der Waals surface area contributed by atoms with Crippen LogP contribution < -0.4 is 9.47 Å². The molecule has 1 aliphatic rings. The van der Waals surface area contributed by atoms with Gasteiger partial charge in [0, 0.05) is 17.2 Å². The van der Waals surface area contributed by atoms with Crippen molar-refractivity contribution >= 4 is 17.3 Å². The fourth-order valence-electron chi connectivity index (χ4n) is 2.43. The lowest BCUT2D eigenvalue weighted by atomic mass is 10.1. The van der Waals surface area contributed by atoms with Crippen molar-refractivity contribution in [1.29, 1.82) is 0 Å². The van der Waals surface area contributed by atoms with Gasteiger partial charge in [-0.1, -0.05) is 45.4 Å². The molecule has 0 N–H and O–H groups in total. The Kier molecular flexibility index (Phi) is 7.57. The Hall–Kier alpha value is -1.23. The molecule has 0 saturated carbocycles. The highest BCUT2D eigenvalue weighted by Gasteiger charge is 2.22. The summed E-state index contributed by atoms with van der Waals surface area (Å²) in [6.45, 7) is 2.93. The van der Waals surface area contributed by atoms with E-state index in [0.717, 1.165) is 24.3 Å². The van der Waals surface area contributed by atoms with Crippen molar-refractivity contribution in [2.24, 2.45) is 0 Å². The summed E-state index contributed by atoms with van der Waals surface area (Å²) in [4.78, 5) is 11.7. The van der Waals surface area contributed by atoms with Gasteiger partial charge in [0.15, 0.2) is 17.6 Å². The molecule has 124 valence electrons. The fourth-order valence-corrected chi connectivity index (χ4v) is 3.10. The lowest BCUT2D eigenvalue weighted by Gasteiger charge is -2.24. The van der Waals surface area contributed by atoms with E-state index in [-0.39, 0.29) is 18.7 Å². The van der Waals surface area contributed by atoms with Crippen molar-refractivity contribution in [2.45, 2.75) is 64.4 Å². The minimum absolute atomic E-state index is 0.131. The second-order valence-electron chi connectivity index (χ2n) is 5.71. The average molecular weight is 326 g/mol. The predicted octanol–water partition coefficient (Wildman–Crippen LogP) is 4.57. The molecule has 4 nitrogen and oxygen atoms in total. The third-order valence-corrected chi connectivity index (χ3v) is 4.43. The monoisotopic (exact) mass is 326 g/mol. The zero-order chi connectivity index (χ0) is 15.6. The molecule has 1 atom stereocenters. The number of hydrogen-bond acceptors (Lipinski definition) is 5. The molecule has 2 rings (SSSR count). The van der Waals surface area contributed by atoms with Gasteiger partial charge in [-0.15, -0.1) is 11.3 Å². The van der Waals surface area contributed by atoms with Crippen molar-refractivity contribution in [3.63, 3.8) is 0 Å². The molecule has 0 radical (unpaired) electrons. The maximum Gasteiger partial charge on any atom is 0.305 e. The third-order valence-electron chi connectivity index (χ3n) is 3.73. The maximum atomic E-state index is 11.7. The molecule has 22 heavy (non-hydrogen) atoms. The van der Waals surface area contributed by atoms with E-state index >= 15 is 0 Å². The molecule has 0 bridgehead atoms. The number of carbonyl (C=O) groups excluding carboxylic acids is 1. The van der Waals surface area contributed by atoms with Crippen LogP contribution in [0, 0.1) is 0 Å². The molecule has 0 saturated heterocycles. The van der Waals surface area contributed by atoms with Crippen molar-refractivity contribution < 1.29 is 19.0 Å². The smallest absolute Gasteiger partial charge is 0.305 e. The normalized spacial score (nSPS) is 16.5. The highest BCUT2D eigenvalue weighted by Crippen LogP contribution is 2.35. The Morgan fingerprint density at radius 2 is 1.91 bits per heavy atom. The first-order valence-electron chi connectivity index (χ1n) is 8.31. The van der Waals surface area contributed by atoms with Crippen LogP contribution in [0.3, 0.4) is 0 Å². The predicted molar refractivity (Wildman–Crippen MR) is 87.8 cm³/mol. The Morgan fingerprint density at radius 3 is 2.73 bits per heavy atom.